The standard InChI is InChI=1S/C19H12F4N4O/c20-16-10-25-17-6-13(8-26-18(16)17)27-12-5-15(9-24-7-12)28-14-3-1-11(2-4-14)19(21,22)23/h1-10,25,27H. The molecule has 4 aromatic rings. The van der Waals surface area contributed by atoms with E-state index in [0.717, 1.165) is 12.1 Å². The van der Waals surface area contributed by atoms with Gasteiger partial charge in [0.1, 0.15) is 17.0 Å². The van der Waals surface area contributed by atoms with Gasteiger partial charge in [0.15, 0.2) is 5.82 Å². The molecule has 0 aliphatic carbocycles. The molecule has 2 N–H and O–H groups in total. The summed E-state index contributed by atoms with van der Waals surface area (Å²) in [6.07, 6.45) is 1.27. The fraction of sp³-hybridized carbons (Fsp3) is 0.0526. The summed E-state index contributed by atoms with van der Waals surface area (Å²) in [5, 5.41) is 3.06. The monoisotopic (exact) mass is 388 g/mol. The van der Waals surface area contributed by atoms with E-state index in [9.17, 15) is 17.6 Å². The Bertz CT molecular complexity index is 1120. The minimum atomic E-state index is -4.40. The van der Waals surface area contributed by atoms with Crippen molar-refractivity contribution in [1.82, 2.24) is 15.0 Å². The first kappa shape index (κ1) is 17.8. The number of nitrogens with one attached hydrogen (secondary N) is 2. The molecule has 0 fully saturated rings. The third-order valence-corrected chi connectivity index (χ3v) is 3.89. The normalized spacial score (nSPS) is 11.6. The van der Waals surface area contributed by atoms with Gasteiger partial charge in [0.25, 0.3) is 0 Å². The molecule has 9 heteroatoms. The molecule has 1 aromatic carbocycles. The van der Waals surface area contributed by atoms with Gasteiger partial charge >= 0.3 is 6.18 Å². The van der Waals surface area contributed by atoms with Crippen LogP contribution in [0.4, 0.5) is 28.9 Å². The van der Waals surface area contributed by atoms with Crippen LogP contribution in [0.3, 0.4) is 0 Å². The zero-order valence-electron chi connectivity index (χ0n) is 14.1. The van der Waals surface area contributed by atoms with Crippen LogP contribution in [0.5, 0.6) is 11.5 Å². The summed E-state index contributed by atoms with van der Waals surface area (Å²) < 4.78 is 56.9. The molecule has 0 unspecified atom stereocenters. The van der Waals surface area contributed by atoms with Gasteiger partial charge in [0.2, 0.25) is 0 Å². The summed E-state index contributed by atoms with van der Waals surface area (Å²) in [5.74, 6) is 0.150. The Balaban J connectivity index is 1.50. The van der Waals surface area contributed by atoms with Crippen molar-refractivity contribution in [3.63, 3.8) is 0 Å². The van der Waals surface area contributed by atoms with Gasteiger partial charge in [0, 0.05) is 12.3 Å². The van der Waals surface area contributed by atoms with Crippen LogP contribution in [0, 0.1) is 5.82 Å². The predicted octanol–water partition coefficient (Wildman–Crippen LogP) is 5.65. The van der Waals surface area contributed by atoms with Crippen LogP contribution in [-0.4, -0.2) is 15.0 Å². The van der Waals surface area contributed by atoms with Crippen molar-refractivity contribution in [3.8, 4) is 11.5 Å². The van der Waals surface area contributed by atoms with Gasteiger partial charge in [-0.3, -0.25) is 4.98 Å². The number of halogens is 4. The van der Waals surface area contributed by atoms with Crippen molar-refractivity contribution in [1.29, 1.82) is 0 Å². The topological polar surface area (TPSA) is 62.8 Å². The lowest BCUT2D eigenvalue weighted by atomic mass is 10.2. The first-order valence-corrected chi connectivity index (χ1v) is 8.08. The number of anilines is 2. The van der Waals surface area contributed by atoms with Crippen LogP contribution in [0.25, 0.3) is 11.0 Å². The van der Waals surface area contributed by atoms with E-state index in [0.29, 0.717) is 22.6 Å². The summed E-state index contributed by atoms with van der Waals surface area (Å²) in [6.45, 7) is 0. The number of alkyl halides is 3. The maximum atomic E-state index is 13.5. The minimum absolute atomic E-state index is 0.239. The van der Waals surface area contributed by atoms with E-state index in [1.165, 1.54) is 30.7 Å². The van der Waals surface area contributed by atoms with Crippen molar-refractivity contribution in [2.24, 2.45) is 0 Å². The Kier molecular flexibility index (Phi) is 4.34. The van der Waals surface area contributed by atoms with Crippen molar-refractivity contribution < 1.29 is 22.3 Å². The molecule has 0 aliphatic heterocycles. The average Bonchev–Trinajstić information content (AvgIpc) is 3.02. The van der Waals surface area contributed by atoms with Crippen LogP contribution in [0.1, 0.15) is 5.56 Å². The SMILES string of the molecule is Fc1c[nH]c2cc(Nc3cncc(Oc4ccc(C(F)(F)F)cc4)c3)cnc12. The highest BCUT2D eigenvalue weighted by atomic mass is 19.4. The van der Waals surface area contributed by atoms with Gasteiger partial charge in [-0.25, -0.2) is 9.37 Å². The van der Waals surface area contributed by atoms with Crippen LogP contribution in [0.2, 0.25) is 0 Å². The molecule has 0 saturated carbocycles. The van der Waals surface area contributed by atoms with E-state index in [4.69, 9.17) is 4.74 Å². The summed E-state index contributed by atoms with van der Waals surface area (Å²) in [5.41, 5.74) is 1.19. The second kappa shape index (κ2) is 6.84. The van der Waals surface area contributed by atoms with Gasteiger partial charge in [-0.2, -0.15) is 13.2 Å². The Morgan fingerprint density at radius 1 is 0.929 bits per heavy atom. The number of aromatic amines is 1. The number of benzene rings is 1. The van der Waals surface area contributed by atoms with Gasteiger partial charge in [-0.15, -0.1) is 0 Å². The zero-order valence-corrected chi connectivity index (χ0v) is 14.1. The lowest BCUT2D eigenvalue weighted by molar-refractivity contribution is -0.137. The van der Waals surface area contributed by atoms with Crippen LogP contribution in [0.15, 0.2) is 61.2 Å². The lowest BCUT2D eigenvalue weighted by Gasteiger charge is -2.10. The number of rotatable bonds is 4. The minimum Gasteiger partial charge on any atom is -0.456 e. The molecule has 0 atom stereocenters. The maximum absolute atomic E-state index is 13.5. The number of pyridine rings is 2. The third kappa shape index (κ3) is 3.73. The van der Waals surface area contributed by atoms with Crippen molar-refractivity contribution >= 4 is 22.4 Å². The van der Waals surface area contributed by atoms with Gasteiger partial charge in [-0.1, -0.05) is 0 Å². The average molecular weight is 388 g/mol. The molecule has 0 amide bonds. The Morgan fingerprint density at radius 3 is 2.43 bits per heavy atom. The number of aromatic nitrogens is 3. The molecule has 0 aliphatic rings. The summed E-state index contributed by atoms with van der Waals surface area (Å²) >= 11 is 0. The smallest absolute Gasteiger partial charge is 0.416 e. The Morgan fingerprint density at radius 2 is 1.68 bits per heavy atom. The molecule has 0 bridgehead atoms. The van der Waals surface area contributed by atoms with E-state index in [1.807, 2.05) is 0 Å². The first-order valence-electron chi connectivity index (χ1n) is 8.08. The number of nitrogens with zero attached hydrogens (tertiary/aromatic N) is 2. The molecule has 0 spiro atoms. The Hall–Kier alpha value is -3.62. The van der Waals surface area contributed by atoms with Crippen LogP contribution >= 0.6 is 0 Å². The first-order chi connectivity index (χ1) is 13.4. The highest BCUT2D eigenvalue weighted by Gasteiger charge is 2.30. The number of ether oxygens (including phenoxy) is 1. The molecular formula is C19H12F4N4O. The Labute approximate surface area is 156 Å². The summed E-state index contributed by atoms with van der Waals surface area (Å²) in [6, 6.07) is 7.68. The second-order valence-electron chi connectivity index (χ2n) is 5.92. The maximum Gasteiger partial charge on any atom is 0.416 e. The lowest BCUT2D eigenvalue weighted by Crippen LogP contribution is -2.04. The number of hydrogen-bond acceptors (Lipinski definition) is 4. The molecule has 0 radical (unpaired) electrons. The molecule has 4 rings (SSSR count). The van der Waals surface area contributed by atoms with E-state index in [2.05, 4.69) is 20.3 Å². The highest BCUT2D eigenvalue weighted by molar-refractivity contribution is 5.80. The van der Waals surface area contributed by atoms with E-state index in [-0.39, 0.29) is 11.3 Å². The summed E-state index contributed by atoms with van der Waals surface area (Å²) in [4.78, 5) is 10.9. The highest BCUT2D eigenvalue weighted by Crippen LogP contribution is 2.32. The van der Waals surface area contributed by atoms with E-state index in [1.54, 1.807) is 18.3 Å². The van der Waals surface area contributed by atoms with E-state index < -0.39 is 17.6 Å². The largest absolute Gasteiger partial charge is 0.456 e. The molecular weight excluding hydrogens is 376 g/mol. The van der Waals surface area contributed by atoms with Crippen LogP contribution < -0.4 is 10.1 Å². The van der Waals surface area contributed by atoms with Crippen LogP contribution in [-0.2, 0) is 6.18 Å². The van der Waals surface area contributed by atoms with Crippen molar-refractivity contribution in [2.75, 3.05) is 5.32 Å². The van der Waals surface area contributed by atoms with Gasteiger partial charge in [0.05, 0.1) is 41.0 Å². The predicted molar refractivity (Wildman–Crippen MR) is 95.1 cm³/mol. The molecule has 142 valence electrons. The fourth-order valence-electron chi connectivity index (χ4n) is 2.60. The molecule has 3 heterocycles. The fourth-order valence-corrected chi connectivity index (χ4v) is 2.60. The van der Waals surface area contributed by atoms with Gasteiger partial charge < -0.3 is 15.0 Å². The number of H-pyrrole nitrogens is 1. The third-order valence-electron chi connectivity index (χ3n) is 3.89. The summed E-state index contributed by atoms with van der Waals surface area (Å²) in [7, 11) is 0. The molecule has 5 nitrogen and oxygen atoms in total. The molecule has 3 aromatic heterocycles. The molecule has 28 heavy (non-hydrogen) atoms. The quantitative estimate of drug-likeness (QED) is 0.444. The van der Waals surface area contributed by atoms with Crippen molar-refractivity contribution in [3.05, 3.63) is 72.6 Å². The second-order valence-corrected chi connectivity index (χ2v) is 5.92. The molecule has 0 saturated heterocycles. The van der Waals surface area contributed by atoms with Gasteiger partial charge in [-0.05, 0) is 30.3 Å². The van der Waals surface area contributed by atoms with Crippen molar-refractivity contribution in [2.45, 2.75) is 6.18 Å². The zero-order chi connectivity index (χ0) is 19.7. The number of fused-ring (bicyclic) bond motifs is 1. The van der Waals surface area contributed by atoms with E-state index >= 15 is 0 Å². The number of hydrogen-bond donors (Lipinski definition) is 2.